The second kappa shape index (κ2) is 3.74. The zero-order chi connectivity index (χ0) is 9.84. The molecule has 1 amide bonds. The molecule has 4 heteroatoms. The molecule has 1 aliphatic rings. The number of carbonyl (C=O) groups excluding carboxylic acids is 1. The monoisotopic (exact) mass is 181 g/mol. The Labute approximate surface area is 74.7 Å². The Morgan fingerprint density at radius 3 is 2.85 bits per heavy atom. The lowest BCUT2D eigenvalue weighted by molar-refractivity contribution is -0.114. The minimum atomic E-state index is -0.736. The Morgan fingerprint density at radius 1 is 1.62 bits per heavy atom. The molecule has 1 rings (SSSR count). The van der Waals surface area contributed by atoms with Crippen LogP contribution in [0.4, 0.5) is 4.39 Å². The average Bonchev–Trinajstić information content (AvgIpc) is 2.26. The first-order chi connectivity index (χ1) is 6.15. The third-order valence-corrected chi connectivity index (χ3v) is 1.47. The molecule has 68 valence electrons. The number of allylic oxidation sites excluding steroid dienone is 2. The second-order valence-electron chi connectivity index (χ2n) is 2.33. The van der Waals surface area contributed by atoms with Gasteiger partial charge in [-0.2, -0.15) is 0 Å². The molecule has 0 saturated carbocycles. The summed E-state index contributed by atoms with van der Waals surface area (Å²) >= 11 is 0. The quantitative estimate of drug-likeness (QED) is 0.645. The highest BCUT2D eigenvalue weighted by molar-refractivity contribution is 5.96. The van der Waals surface area contributed by atoms with Gasteiger partial charge >= 0.3 is 0 Å². The first-order valence-electron chi connectivity index (χ1n) is 3.53. The van der Waals surface area contributed by atoms with Crippen molar-refractivity contribution in [2.75, 3.05) is 7.11 Å². The standard InChI is InChI=1S/C9H8FNO2/c1-13-8-4-2-3-6(10)5-7(8)9(11)12/h3-5H,1H3,(H2,11,12). The topological polar surface area (TPSA) is 52.3 Å². The molecule has 13 heavy (non-hydrogen) atoms. The normalized spacial score (nSPS) is 15.4. The Hall–Kier alpha value is -1.80. The number of ether oxygens (including phenoxy) is 1. The van der Waals surface area contributed by atoms with Crippen molar-refractivity contribution >= 4 is 5.91 Å². The number of methoxy groups -OCH3 is 1. The molecular formula is C9H8FNO2. The number of carbonyl (C=O) groups is 1. The van der Waals surface area contributed by atoms with Gasteiger partial charge in [0.15, 0.2) is 0 Å². The van der Waals surface area contributed by atoms with Gasteiger partial charge in [0.05, 0.1) is 12.7 Å². The van der Waals surface area contributed by atoms with Gasteiger partial charge in [-0.15, -0.1) is 5.73 Å². The summed E-state index contributed by atoms with van der Waals surface area (Å²) in [6.45, 7) is 0. The maximum atomic E-state index is 12.8. The van der Waals surface area contributed by atoms with Gasteiger partial charge < -0.3 is 10.5 Å². The molecule has 0 spiro atoms. The number of halogens is 1. The summed E-state index contributed by atoms with van der Waals surface area (Å²) in [5.74, 6) is -1.12. The van der Waals surface area contributed by atoms with Gasteiger partial charge in [0.2, 0.25) is 0 Å². The van der Waals surface area contributed by atoms with E-state index >= 15 is 0 Å². The lowest BCUT2D eigenvalue weighted by Crippen LogP contribution is -2.14. The molecule has 1 aliphatic carbocycles. The van der Waals surface area contributed by atoms with Crippen LogP contribution in [-0.2, 0) is 9.53 Å². The van der Waals surface area contributed by atoms with E-state index in [0.717, 1.165) is 12.2 Å². The average molecular weight is 181 g/mol. The van der Waals surface area contributed by atoms with Crippen molar-refractivity contribution in [2.24, 2.45) is 5.73 Å². The Kier molecular flexibility index (Phi) is 2.67. The van der Waals surface area contributed by atoms with Crippen LogP contribution in [0.1, 0.15) is 0 Å². The van der Waals surface area contributed by atoms with Gasteiger partial charge in [0.25, 0.3) is 5.91 Å². The first kappa shape index (κ1) is 9.29. The summed E-state index contributed by atoms with van der Waals surface area (Å²) in [4.78, 5) is 10.8. The van der Waals surface area contributed by atoms with Crippen LogP contribution in [0.3, 0.4) is 0 Å². The third-order valence-electron chi connectivity index (χ3n) is 1.47. The molecule has 3 nitrogen and oxygen atoms in total. The van der Waals surface area contributed by atoms with Crippen molar-refractivity contribution in [3.63, 3.8) is 0 Å². The molecule has 0 saturated heterocycles. The maximum Gasteiger partial charge on any atom is 0.252 e. The van der Waals surface area contributed by atoms with Crippen molar-refractivity contribution < 1.29 is 13.9 Å². The van der Waals surface area contributed by atoms with Crippen LogP contribution in [0.25, 0.3) is 0 Å². The van der Waals surface area contributed by atoms with E-state index in [0.29, 0.717) is 0 Å². The number of nitrogens with two attached hydrogens (primary N) is 1. The molecule has 0 aromatic rings. The molecule has 0 fully saturated rings. The minimum Gasteiger partial charge on any atom is -0.495 e. The Morgan fingerprint density at radius 2 is 2.31 bits per heavy atom. The third kappa shape index (κ3) is 2.07. The van der Waals surface area contributed by atoms with Gasteiger partial charge in [-0.25, -0.2) is 4.39 Å². The van der Waals surface area contributed by atoms with Crippen molar-refractivity contribution in [2.45, 2.75) is 0 Å². The predicted molar refractivity (Wildman–Crippen MR) is 45.1 cm³/mol. The first-order valence-corrected chi connectivity index (χ1v) is 3.53. The molecule has 0 heterocycles. The summed E-state index contributed by atoms with van der Waals surface area (Å²) < 4.78 is 17.6. The van der Waals surface area contributed by atoms with E-state index in [1.54, 1.807) is 0 Å². The highest BCUT2D eigenvalue weighted by atomic mass is 19.1. The van der Waals surface area contributed by atoms with Crippen LogP contribution in [-0.4, -0.2) is 13.0 Å². The summed E-state index contributed by atoms with van der Waals surface area (Å²) in [6, 6.07) is 0. The number of amides is 1. The van der Waals surface area contributed by atoms with Gasteiger partial charge in [0.1, 0.15) is 11.6 Å². The molecule has 0 aliphatic heterocycles. The lowest BCUT2D eigenvalue weighted by Gasteiger charge is -2.02. The SMILES string of the molecule is COC1=C(C(N)=O)C=C(F)C=C=C1. The van der Waals surface area contributed by atoms with Crippen molar-refractivity contribution in [3.05, 3.63) is 41.1 Å². The van der Waals surface area contributed by atoms with E-state index in [1.165, 1.54) is 13.2 Å². The lowest BCUT2D eigenvalue weighted by atomic mass is 10.2. The number of hydrogen-bond acceptors (Lipinski definition) is 2. The van der Waals surface area contributed by atoms with Crippen LogP contribution in [0, 0.1) is 0 Å². The number of hydrogen-bond donors (Lipinski definition) is 1. The molecule has 0 aromatic heterocycles. The fourth-order valence-electron chi connectivity index (χ4n) is 0.887. The van der Waals surface area contributed by atoms with Crippen LogP contribution in [0.15, 0.2) is 41.1 Å². The zero-order valence-electron chi connectivity index (χ0n) is 7.00. The van der Waals surface area contributed by atoms with Gasteiger partial charge in [-0.3, -0.25) is 4.79 Å². The largest absolute Gasteiger partial charge is 0.495 e. The maximum absolute atomic E-state index is 12.8. The second-order valence-corrected chi connectivity index (χ2v) is 2.33. The van der Waals surface area contributed by atoms with Crippen LogP contribution in [0.2, 0.25) is 0 Å². The van der Waals surface area contributed by atoms with Crippen molar-refractivity contribution in [1.82, 2.24) is 0 Å². The van der Waals surface area contributed by atoms with Gasteiger partial charge in [-0.05, 0) is 6.08 Å². The van der Waals surface area contributed by atoms with Crippen LogP contribution >= 0.6 is 0 Å². The van der Waals surface area contributed by atoms with E-state index in [2.05, 4.69) is 5.73 Å². The molecule has 0 unspecified atom stereocenters. The van der Waals surface area contributed by atoms with Gasteiger partial charge in [0, 0.05) is 12.2 Å². The van der Waals surface area contributed by atoms with E-state index < -0.39 is 11.7 Å². The zero-order valence-corrected chi connectivity index (χ0v) is 7.00. The molecule has 0 bridgehead atoms. The summed E-state index contributed by atoms with van der Waals surface area (Å²) in [6.07, 6.45) is 3.45. The smallest absolute Gasteiger partial charge is 0.252 e. The van der Waals surface area contributed by atoms with Crippen LogP contribution in [0.5, 0.6) is 0 Å². The fourth-order valence-corrected chi connectivity index (χ4v) is 0.887. The summed E-state index contributed by atoms with van der Waals surface area (Å²) in [5, 5.41) is 0. The Bertz CT molecular complexity index is 360. The van der Waals surface area contributed by atoms with E-state index in [-0.39, 0.29) is 11.3 Å². The predicted octanol–water partition coefficient (Wildman–Crippen LogP) is 0.951. The minimum absolute atomic E-state index is 0.00116. The van der Waals surface area contributed by atoms with E-state index in [9.17, 15) is 9.18 Å². The van der Waals surface area contributed by atoms with Gasteiger partial charge in [-0.1, -0.05) is 0 Å². The number of primary amides is 1. The van der Waals surface area contributed by atoms with Crippen molar-refractivity contribution in [1.29, 1.82) is 0 Å². The van der Waals surface area contributed by atoms with Crippen molar-refractivity contribution in [3.8, 4) is 0 Å². The van der Waals surface area contributed by atoms with E-state index in [1.807, 2.05) is 0 Å². The molecule has 0 radical (unpaired) electrons. The highest BCUT2D eigenvalue weighted by Gasteiger charge is 2.11. The molecular weight excluding hydrogens is 173 g/mol. The summed E-state index contributed by atoms with van der Waals surface area (Å²) in [7, 11) is 1.37. The highest BCUT2D eigenvalue weighted by Crippen LogP contribution is 2.14. The summed E-state index contributed by atoms with van der Waals surface area (Å²) in [5.41, 5.74) is 7.52. The Balaban J connectivity index is 3.25. The molecule has 0 aromatic carbocycles. The molecule has 0 atom stereocenters. The number of rotatable bonds is 2. The molecule has 2 N–H and O–H groups in total. The van der Waals surface area contributed by atoms with E-state index in [4.69, 9.17) is 10.5 Å². The van der Waals surface area contributed by atoms with Crippen LogP contribution < -0.4 is 5.73 Å². The fraction of sp³-hybridized carbons (Fsp3) is 0.111.